The molecule has 0 atom stereocenters. The van der Waals surface area contributed by atoms with Crippen LogP contribution in [-0.4, -0.2) is 80.4 Å². The number of piperidine rings is 1. The SMILES string of the molecule is CCNC(=NCCc1csc(N2CCCC2)n1)NC1CCN(CCOC(C)C)CC1. The highest BCUT2D eigenvalue weighted by molar-refractivity contribution is 7.13. The minimum atomic E-state index is 0.319. The zero-order chi connectivity index (χ0) is 21.2. The van der Waals surface area contributed by atoms with E-state index in [1.807, 2.05) is 0 Å². The van der Waals surface area contributed by atoms with Gasteiger partial charge in [0.05, 0.1) is 18.4 Å². The Bertz CT molecular complexity index is 635. The molecule has 0 spiro atoms. The summed E-state index contributed by atoms with van der Waals surface area (Å²) in [5.41, 5.74) is 1.17. The van der Waals surface area contributed by atoms with Crippen LogP contribution in [0.3, 0.4) is 0 Å². The van der Waals surface area contributed by atoms with Crippen molar-refractivity contribution in [3.05, 3.63) is 11.1 Å². The molecule has 3 heterocycles. The number of hydrogen-bond acceptors (Lipinski definition) is 6. The molecule has 0 aromatic carbocycles. The van der Waals surface area contributed by atoms with E-state index < -0.39 is 0 Å². The molecule has 30 heavy (non-hydrogen) atoms. The Hall–Kier alpha value is -1.38. The molecule has 1 aromatic rings. The normalized spacial score (nSPS) is 19.1. The van der Waals surface area contributed by atoms with E-state index in [1.54, 1.807) is 11.3 Å². The van der Waals surface area contributed by atoms with Gasteiger partial charge in [0.25, 0.3) is 0 Å². The molecule has 2 fully saturated rings. The van der Waals surface area contributed by atoms with Crippen LogP contribution in [0.5, 0.6) is 0 Å². The lowest BCUT2D eigenvalue weighted by molar-refractivity contribution is 0.0532. The van der Waals surface area contributed by atoms with Crippen LogP contribution in [-0.2, 0) is 11.2 Å². The molecule has 7 nitrogen and oxygen atoms in total. The van der Waals surface area contributed by atoms with E-state index in [0.29, 0.717) is 12.1 Å². The van der Waals surface area contributed by atoms with Gasteiger partial charge >= 0.3 is 0 Å². The van der Waals surface area contributed by atoms with Crippen LogP contribution in [0.2, 0.25) is 0 Å². The van der Waals surface area contributed by atoms with E-state index in [-0.39, 0.29) is 0 Å². The van der Waals surface area contributed by atoms with Crippen molar-refractivity contribution in [3.63, 3.8) is 0 Å². The minimum Gasteiger partial charge on any atom is -0.377 e. The van der Waals surface area contributed by atoms with Crippen molar-refractivity contribution in [2.24, 2.45) is 4.99 Å². The van der Waals surface area contributed by atoms with Crippen LogP contribution in [0.25, 0.3) is 0 Å². The number of aromatic nitrogens is 1. The fourth-order valence-corrected chi connectivity index (χ4v) is 4.89. The predicted octanol–water partition coefficient (Wildman–Crippen LogP) is 2.73. The molecule has 1 aromatic heterocycles. The number of nitrogens with one attached hydrogen (secondary N) is 2. The summed E-state index contributed by atoms with van der Waals surface area (Å²) in [6, 6.07) is 0.492. The third-order valence-corrected chi connectivity index (χ3v) is 6.64. The van der Waals surface area contributed by atoms with Crippen LogP contribution in [0.15, 0.2) is 10.4 Å². The fraction of sp³-hybridized carbons (Fsp3) is 0.818. The number of nitrogens with zero attached hydrogens (tertiary/aromatic N) is 4. The molecule has 3 rings (SSSR count). The predicted molar refractivity (Wildman–Crippen MR) is 127 cm³/mol. The molecule has 0 aliphatic carbocycles. The molecule has 0 unspecified atom stereocenters. The summed E-state index contributed by atoms with van der Waals surface area (Å²) in [6.45, 7) is 14.4. The Morgan fingerprint density at radius 1 is 1.27 bits per heavy atom. The summed E-state index contributed by atoms with van der Waals surface area (Å²) < 4.78 is 5.69. The third kappa shape index (κ3) is 7.71. The highest BCUT2D eigenvalue weighted by atomic mass is 32.1. The van der Waals surface area contributed by atoms with Crippen molar-refractivity contribution in [1.29, 1.82) is 0 Å². The Labute approximate surface area is 186 Å². The monoisotopic (exact) mass is 436 g/mol. The number of likely N-dealkylation sites (tertiary alicyclic amines) is 1. The van der Waals surface area contributed by atoms with Crippen molar-refractivity contribution in [2.45, 2.75) is 65.0 Å². The summed E-state index contributed by atoms with van der Waals surface area (Å²) in [5, 5.41) is 10.4. The number of guanidine groups is 1. The Kier molecular flexibility index (Phi) is 9.68. The quantitative estimate of drug-likeness (QED) is 0.434. The third-order valence-electron chi connectivity index (χ3n) is 5.69. The van der Waals surface area contributed by atoms with Gasteiger partial charge in [-0.25, -0.2) is 4.98 Å². The fourth-order valence-electron chi connectivity index (χ4n) is 3.98. The number of hydrogen-bond donors (Lipinski definition) is 2. The van der Waals surface area contributed by atoms with Gasteiger partial charge in [-0.3, -0.25) is 4.99 Å². The first-order chi connectivity index (χ1) is 14.6. The summed E-state index contributed by atoms with van der Waals surface area (Å²) in [7, 11) is 0. The molecule has 0 radical (unpaired) electrons. The van der Waals surface area contributed by atoms with E-state index in [0.717, 1.165) is 77.6 Å². The molecule has 170 valence electrons. The average Bonchev–Trinajstić information content (AvgIpc) is 3.41. The van der Waals surface area contributed by atoms with Gasteiger partial charge in [-0.2, -0.15) is 0 Å². The molecule has 0 amide bonds. The number of aliphatic imine (C=N–C) groups is 1. The van der Waals surface area contributed by atoms with Crippen LogP contribution in [0.4, 0.5) is 5.13 Å². The Morgan fingerprint density at radius 3 is 2.73 bits per heavy atom. The van der Waals surface area contributed by atoms with Gasteiger partial charge in [0.15, 0.2) is 11.1 Å². The lowest BCUT2D eigenvalue weighted by Crippen LogP contribution is -2.49. The van der Waals surface area contributed by atoms with Crippen molar-refractivity contribution in [3.8, 4) is 0 Å². The summed E-state index contributed by atoms with van der Waals surface area (Å²) >= 11 is 1.77. The molecule has 2 aliphatic rings. The molecule has 8 heteroatoms. The smallest absolute Gasteiger partial charge is 0.191 e. The second-order valence-electron chi connectivity index (χ2n) is 8.51. The molecule has 2 saturated heterocycles. The minimum absolute atomic E-state index is 0.319. The van der Waals surface area contributed by atoms with Crippen molar-refractivity contribution < 1.29 is 4.74 Å². The maximum atomic E-state index is 5.69. The zero-order valence-electron chi connectivity index (χ0n) is 19.0. The second kappa shape index (κ2) is 12.5. The van der Waals surface area contributed by atoms with Crippen molar-refractivity contribution >= 4 is 22.4 Å². The van der Waals surface area contributed by atoms with E-state index in [2.05, 4.69) is 46.6 Å². The summed E-state index contributed by atoms with van der Waals surface area (Å²) in [4.78, 5) is 14.5. The lowest BCUT2D eigenvalue weighted by atomic mass is 10.1. The number of anilines is 1. The topological polar surface area (TPSA) is 65.0 Å². The number of rotatable bonds is 10. The van der Waals surface area contributed by atoms with Crippen molar-refractivity contribution in [1.82, 2.24) is 20.5 Å². The van der Waals surface area contributed by atoms with Gasteiger partial charge in [-0.05, 0) is 46.5 Å². The first-order valence-electron chi connectivity index (χ1n) is 11.7. The van der Waals surface area contributed by atoms with Gasteiger partial charge in [0.1, 0.15) is 0 Å². The van der Waals surface area contributed by atoms with E-state index in [4.69, 9.17) is 14.7 Å². The number of ether oxygens (including phenoxy) is 1. The van der Waals surface area contributed by atoms with Gasteiger partial charge in [-0.15, -0.1) is 11.3 Å². The molecule has 2 N–H and O–H groups in total. The molecule has 0 bridgehead atoms. The average molecular weight is 437 g/mol. The van der Waals surface area contributed by atoms with Gasteiger partial charge in [-0.1, -0.05) is 0 Å². The van der Waals surface area contributed by atoms with E-state index in [1.165, 1.54) is 23.7 Å². The van der Waals surface area contributed by atoms with Crippen LogP contribution in [0.1, 0.15) is 52.1 Å². The first kappa shape index (κ1) is 23.3. The zero-order valence-corrected chi connectivity index (χ0v) is 19.8. The highest BCUT2D eigenvalue weighted by Crippen LogP contribution is 2.24. The highest BCUT2D eigenvalue weighted by Gasteiger charge is 2.20. The largest absolute Gasteiger partial charge is 0.377 e. The number of thiazole rings is 1. The van der Waals surface area contributed by atoms with Gasteiger partial charge < -0.3 is 25.2 Å². The molecular weight excluding hydrogens is 396 g/mol. The van der Waals surface area contributed by atoms with Crippen LogP contribution >= 0.6 is 11.3 Å². The van der Waals surface area contributed by atoms with Gasteiger partial charge in [0, 0.05) is 63.7 Å². The van der Waals surface area contributed by atoms with Gasteiger partial charge in [0.2, 0.25) is 0 Å². The molecule has 0 saturated carbocycles. The van der Waals surface area contributed by atoms with Crippen LogP contribution < -0.4 is 15.5 Å². The standard InChI is InChI=1S/C22H40N6OS/c1-4-23-21(25-19-8-13-27(14-9-19)15-16-29-18(2)3)24-10-7-20-17-30-22(26-20)28-11-5-6-12-28/h17-19H,4-16H2,1-3H3,(H2,23,24,25). The molecular formula is C22H40N6OS. The lowest BCUT2D eigenvalue weighted by Gasteiger charge is -2.33. The maximum absolute atomic E-state index is 5.69. The Morgan fingerprint density at radius 2 is 2.03 bits per heavy atom. The molecule has 2 aliphatic heterocycles. The van der Waals surface area contributed by atoms with E-state index in [9.17, 15) is 0 Å². The second-order valence-corrected chi connectivity index (χ2v) is 9.34. The van der Waals surface area contributed by atoms with E-state index >= 15 is 0 Å². The summed E-state index contributed by atoms with van der Waals surface area (Å²) in [6.07, 6.45) is 6.10. The first-order valence-corrected chi connectivity index (χ1v) is 12.6. The van der Waals surface area contributed by atoms with Crippen molar-refractivity contribution in [2.75, 3.05) is 57.3 Å². The summed E-state index contributed by atoms with van der Waals surface area (Å²) in [5.74, 6) is 0.939. The Balaban J connectivity index is 1.39. The maximum Gasteiger partial charge on any atom is 0.191 e. The van der Waals surface area contributed by atoms with Crippen LogP contribution in [0, 0.1) is 0 Å².